The Balaban J connectivity index is 2.39. The highest BCUT2D eigenvalue weighted by atomic mass is 16.5. The summed E-state index contributed by atoms with van der Waals surface area (Å²) in [5.74, 6) is -0.161. The summed E-state index contributed by atoms with van der Waals surface area (Å²) in [6, 6.07) is 8.90. The van der Waals surface area contributed by atoms with Crippen molar-refractivity contribution >= 4 is 11.6 Å². The van der Waals surface area contributed by atoms with Crippen LogP contribution in [-0.2, 0) is 9.53 Å². The van der Waals surface area contributed by atoms with Gasteiger partial charge >= 0.3 is 0 Å². The number of nitriles is 1. The standard InChI is InChI=1S/C15H21N3O3/c1-18(10-13(19)11-21-2)8-7-15(20)17-14-6-4-3-5-12(14)9-16/h3-6,13,19H,7-8,10-11H2,1-2H3,(H,17,20). The van der Waals surface area contributed by atoms with E-state index < -0.39 is 6.10 Å². The SMILES string of the molecule is COCC(O)CN(C)CCC(=O)Nc1ccccc1C#N. The number of hydrogen-bond acceptors (Lipinski definition) is 5. The second kappa shape index (κ2) is 9.08. The Bertz CT molecular complexity index is 499. The third-order valence-electron chi connectivity index (χ3n) is 2.92. The molecule has 21 heavy (non-hydrogen) atoms. The fraction of sp³-hybridized carbons (Fsp3) is 0.467. The lowest BCUT2D eigenvalue weighted by Gasteiger charge is -2.19. The Morgan fingerprint density at radius 1 is 1.52 bits per heavy atom. The molecule has 0 saturated carbocycles. The maximum absolute atomic E-state index is 11.9. The van der Waals surface area contributed by atoms with Gasteiger partial charge in [0.25, 0.3) is 0 Å². The van der Waals surface area contributed by atoms with Gasteiger partial charge in [-0.05, 0) is 19.2 Å². The number of carbonyl (C=O) groups is 1. The quantitative estimate of drug-likeness (QED) is 0.741. The number of amides is 1. The van der Waals surface area contributed by atoms with Crippen LogP contribution >= 0.6 is 0 Å². The molecular formula is C15H21N3O3. The first-order chi connectivity index (χ1) is 10.1. The van der Waals surface area contributed by atoms with Crippen molar-refractivity contribution in [3.8, 4) is 6.07 Å². The number of aliphatic hydroxyl groups is 1. The van der Waals surface area contributed by atoms with E-state index in [0.29, 0.717) is 24.3 Å². The third kappa shape index (κ3) is 6.36. The molecule has 0 aliphatic rings. The van der Waals surface area contributed by atoms with Crippen molar-refractivity contribution in [2.24, 2.45) is 0 Å². The second-order valence-corrected chi connectivity index (χ2v) is 4.83. The highest BCUT2D eigenvalue weighted by molar-refractivity contribution is 5.92. The van der Waals surface area contributed by atoms with Crippen LogP contribution in [0, 0.1) is 11.3 Å². The molecule has 1 atom stereocenters. The minimum atomic E-state index is -0.567. The number of anilines is 1. The molecule has 6 nitrogen and oxygen atoms in total. The molecule has 0 spiro atoms. The normalized spacial score (nSPS) is 12.0. The van der Waals surface area contributed by atoms with Crippen molar-refractivity contribution in [2.75, 3.05) is 39.2 Å². The minimum absolute atomic E-state index is 0.161. The predicted octanol–water partition coefficient (Wildman–Crippen LogP) is 0.826. The molecule has 0 bridgehead atoms. The average molecular weight is 291 g/mol. The zero-order valence-electron chi connectivity index (χ0n) is 12.4. The lowest BCUT2D eigenvalue weighted by atomic mass is 10.2. The van der Waals surface area contributed by atoms with Gasteiger partial charge in [0.1, 0.15) is 6.07 Å². The van der Waals surface area contributed by atoms with E-state index in [0.717, 1.165) is 0 Å². The van der Waals surface area contributed by atoms with E-state index in [1.807, 2.05) is 18.0 Å². The summed E-state index contributed by atoms with van der Waals surface area (Å²) >= 11 is 0. The van der Waals surface area contributed by atoms with Crippen molar-refractivity contribution in [2.45, 2.75) is 12.5 Å². The number of ether oxygens (including phenoxy) is 1. The number of carbonyl (C=O) groups excluding carboxylic acids is 1. The van der Waals surface area contributed by atoms with Gasteiger partial charge in [-0.2, -0.15) is 5.26 Å². The van der Waals surface area contributed by atoms with E-state index in [1.165, 1.54) is 7.11 Å². The molecule has 0 aliphatic carbocycles. The van der Waals surface area contributed by atoms with Crippen LogP contribution in [0.2, 0.25) is 0 Å². The van der Waals surface area contributed by atoms with Crippen molar-refractivity contribution in [1.82, 2.24) is 4.90 Å². The predicted molar refractivity (Wildman–Crippen MR) is 79.8 cm³/mol. The number of likely N-dealkylation sites (N-methyl/N-ethyl adjacent to an activating group) is 1. The van der Waals surface area contributed by atoms with Gasteiger partial charge in [0.05, 0.1) is 24.0 Å². The zero-order chi connectivity index (χ0) is 15.7. The van der Waals surface area contributed by atoms with Crippen LogP contribution in [0.25, 0.3) is 0 Å². The summed E-state index contributed by atoms with van der Waals surface area (Å²) in [6.07, 6.45) is -0.280. The summed E-state index contributed by atoms with van der Waals surface area (Å²) in [4.78, 5) is 13.7. The van der Waals surface area contributed by atoms with Gasteiger partial charge in [-0.3, -0.25) is 4.79 Å². The fourth-order valence-electron chi connectivity index (χ4n) is 1.89. The average Bonchev–Trinajstić information content (AvgIpc) is 2.46. The van der Waals surface area contributed by atoms with Crippen molar-refractivity contribution in [3.63, 3.8) is 0 Å². The lowest BCUT2D eigenvalue weighted by molar-refractivity contribution is -0.116. The molecule has 0 aromatic heterocycles. The van der Waals surface area contributed by atoms with Crippen LogP contribution in [0.3, 0.4) is 0 Å². The maximum atomic E-state index is 11.9. The first-order valence-electron chi connectivity index (χ1n) is 6.71. The number of rotatable bonds is 8. The van der Waals surface area contributed by atoms with Crippen LogP contribution in [0.1, 0.15) is 12.0 Å². The van der Waals surface area contributed by atoms with E-state index in [2.05, 4.69) is 5.32 Å². The molecule has 0 aliphatic heterocycles. The third-order valence-corrected chi connectivity index (χ3v) is 2.92. The van der Waals surface area contributed by atoms with Gasteiger partial charge in [-0.1, -0.05) is 12.1 Å². The molecule has 0 saturated heterocycles. The van der Waals surface area contributed by atoms with Gasteiger partial charge in [-0.15, -0.1) is 0 Å². The van der Waals surface area contributed by atoms with Gasteiger partial charge < -0.3 is 20.1 Å². The number of nitrogens with zero attached hydrogens (tertiary/aromatic N) is 2. The van der Waals surface area contributed by atoms with E-state index >= 15 is 0 Å². The smallest absolute Gasteiger partial charge is 0.225 e. The van der Waals surface area contributed by atoms with Crippen LogP contribution < -0.4 is 5.32 Å². The molecule has 0 radical (unpaired) electrons. The first kappa shape index (κ1) is 17.1. The van der Waals surface area contributed by atoms with Crippen molar-refractivity contribution in [3.05, 3.63) is 29.8 Å². The topological polar surface area (TPSA) is 85.6 Å². The fourth-order valence-corrected chi connectivity index (χ4v) is 1.89. The minimum Gasteiger partial charge on any atom is -0.389 e. The Hall–Kier alpha value is -1.94. The van der Waals surface area contributed by atoms with Crippen LogP contribution in [0.4, 0.5) is 5.69 Å². The summed E-state index contributed by atoms with van der Waals surface area (Å²) < 4.78 is 4.85. The van der Waals surface area contributed by atoms with Crippen molar-refractivity contribution in [1.29, 1.82) is 5.26 Å². The number of hydrogen-bond donors (Lipinski definition) is 2. The number of nitrogens with one attached hydrogen (secondary N) is 1. The largest absolute Gasteiger partial charge is 0.389 e. The molecule has 0 heterocycles. The molecule has 1 aromatic rings. The lowest BCUT2D eigenvalue weighted by Crippen LogP contribution is -2.33. The van der Waals surface area contributed by atoms with Crippen LogP contribution in [-0.4, -0.2) is 55.9 Å². The second-order valence-electron chi connectivity index (χ2n) is 4.83. The number of para-hydroxylation sites is 1. The molecule has 114 valence electrons. The Morgan fingerprint density at radius 2 is 2.24 bits per heavy atom. The van der Waals surface area contributed by atoms with Crippen molar-refractivity contribution < 1.29 is 14.6 Å². The number of aliphatic hydroxyl groups excluding tert-OH is 1. The summed E-state index contributed by atoms with van der Waals surface area (Å²) in [5.41, 5.74) is 0.960. The zero-order valence-corrected chi connectivity index (χ0v) is 12.4. The van der Waals surface area contributed by atoms with E-state index in [1.54, 1.807) is 24.3 Å². The molecular weight excluding hydrogens is 270 g/mol. The Kier molecular flexibility index (Phi) is 7.40. The van der Waals surface area contributed by atoms with Crippen LogP contribution in [0.5, 0.6) is 0 Å². The first-order valence-corrected chi connectivity index (χ1v) is 6.71. The van der Waals surface area contributed by atoms with E-state index in [9.17, 15) is 9.90 Å². The molecule has 1 rings (SSSR count). The summed E-state index contributed by atoms with van der Waals surface area (Å²) in [6.45, 7) is 1.23. The number of benzene rings is 1. The molecule has 1 aromatic carbocycles. The highest BCUT2D eigenvalue weighted by Crippen LogP contribution is 2.13. The summed E-state index contributed by atoms with van der Waals surface area (Å²) in [5, 5.41) is 21.3. The van der Waals surface area contributed by atoms with E-state index in [4.69, 9.17) is 10.00 Å². The van der Waals surface area contributed by atoms with Gasteiger partial charge in [-0.25, -0.2) is 0 Å². The summed E-state index contributed by atoms with van der Waals surface area (Å²) in [7, 11) is 3.36. The van der Waals surface area contributed by atoms with Gasteiger partial charge in [0, 0.05) is 26.6 Å². The van der Waals surface area contributed by atoms with Gasteiger partial charge in [0.15, 0.2) is 0 Å². The van der Waals surface area contributed by atoms with Gasteiger partial charge in [0.2, 0.25) is 5.91 Å². The number of methoxy groups -OCH3 is 1. The maximum Gasteiger partial charge on any atom is 0.225 e. The van der Waals surface area contributed by atoms with E-state index in [-0.39, 0.29) is 18.9 Å². The molecule has 1 amide bonds. The Labute approximate surface area is 124 Å². The molecule has 6 heteroatoms. The monoisotopic (exact) mass is 291 g/mol. The van der Waals surface area contributed by atoms with Crippen LogP contribution in [0.15, 0.2) is 24.3 Å². The molecule has 1 unspecified atom stereocenters. The molecule has 0 fully saturated rings. The Morgan fingerprint density at radius 3 is 2.90 bits per heavy atom. The highest BCUT2D eigenvalue weighted by Gasteiger charge is 2.10. The molecule has 2 N–H and O–H groups in total.